The number of aromatic amines is 1. The zero-order chi connectivity index (χ0) is 25.6. The van der Waals surface area contributed by atoms with E-state index in [1.165, 1.54) is 12.8 Å². The van der Waals surface area contributed by atoms with Gasteiger partial charge < -0.3 is 25.0 Å². The van der Waals surface area contributed by atoms with Crippen LogP contribution >= 0.6 is 0 Å². The monoisotopic (exact) mass is 501 g/mol. The van der Waals surface area contributed by atoms with E-state index in [1.54, 1.807) is 20.4 Å². The fourth-order valence-corrected chi connectivity index (χ4v) is 4.10. The van der Waals surface area contributed by atoms with Gasteiger partial charge in [-0.05, 0) is 62.1 Å². The van der Waals surface area contributed by atoms with E-state index in [-0.39, 0.29) is 11.8 Å². The van der Waals surface area contributed by atoms with Crippen molar-refractivity contribution in [3.63, 3.8) is 0 Å². The molecule has 0 radical (unpaired) electrons. The van der Waals surface area contributed by atoms with Crippen molar-refractivity contribution < 1.29 is 14.3 Å². The number of nitrogens with one attached hydrogen (secondary N) is 3. The van der Waals surface area contributed by atoms with Crippen LogP contribution in [0.1, 0.15) is 25.7 Å². The van der Waals surface area contributed by atoms with E-state index in [2.05, 4.69) is 35.7 Å². The predicted molar refractivity (Wildman–Crippen MR) is 144 cm³/mol. The highest BCUT2D eigenvalue weighted by Gasteiger charge is 2.29. The summed E-state index contributed by atoms with van der Waals surface area (Å²) in [6.07, 6.45) is 6.13. The van der Waals surface area contributed by atoms with Crippen molar-refractivity contribution in [1.29, 1.82) is 0 Å². The summed E-state index contributed by atoms with van der Waals surface area (Å²) in [5, 5.41) is 14.5. The van der Waals surface area contributed by atoms with E-state index in [0.717, 1.165) is 60.0 Å². The van der Waals surface area contributed by atoms with Gasteiger partial charge in [-0.3, -0.25) is 9.89 Å². The summed E-state index contributed by atoms with van der Waals surface area (Å²) >= 11 is 0. The van der Waals surface area contributed by atoms with Gasteiger partial charge in [0, 0.05) is 30.1 Å². The Hall–Kier alpha value is -4.34. The van der Waals surface area contributed by atoms with Crippen LogP contribution in [-0.2, 0) is 4.79 Å². The molecule has 2 aromatic heterocycles. The SMILES string of the molecule is COc1ccc(NC(=O)C2CC2)cc1.COc1cnc(N2CCCC2)nc1Nc1n[nH]c2ccccc12. The Morgan fingerprint density at radius 1 is 1.00 bits per heavy atom. The first-order valence-electron chi connectivity index (χ1n) is 12.5. The van der Waals surface area contributed by atoms with Crippen molar-refractivity contribution in [2.45, 2.75) is 25.7 Å². The lowest BCUT2D eigenvalue weighted by Gasteiger charge is -2.17. The third-order valence-corrected chi connectivity index (χ3v) is 6.36. The van der Waals surface area contributed by atoms with E-state index in [9.17, 15) is 4.79 Å². The molecule has 0 atom stereocenters. The number of hydrogen-bond acceptors (Lipinski definition) is 8. The zero-order valence-corrected chi connectivity index (χ0v) is 21.0. The molecule has 0 unspecified atom stereocenters. The maximum Gasteiger partial charge on any atom is 0.227 e. The van der Waals surface area contributed by atoms with Crippen molar-refractivity contribution in [3.8, 4) is 11.5 Å². The van der Waals surface area contributed by atoms with Gasteiger partial charge in [0.05, 0.1) is 25.9 Å². The quantitative estimate of drug-likeness (QED) is 0.332. The Balaban J connectivity index is 0.000000171. The molecule has 1 saturated heterocycles. The van der Waals surface area contributed by atoms with Crippen LogP contribution in [0.5, 0.6) is 11.5 Å². The number of nitrogens with zero attached hydrogens (tertiary/aromatic N) is 4. The summed E-state index contributed by atoms with van der Waals surface area (Å²) in [6.45, 7) is 1.99. The van der Waals surface area contributed by atoms with Gasteiger partial charge in [-0.1, -0.05) is 12.1 Å². The number of carbonyl (C=O) groups is 1. The van der Waals surface area contributed by atoms with Crippen molar-refractivity contribution in [3.05, 3.63) is 54.7 Å². The number of rotatable bonds is 7. The van der Waals surface area contributed by atoms with E-state index in [1.807, 2.05) is 48.5 Å². The smallest absolute Gasteiger partial charge is 0.227 e. The molecule has 3 heterocycles. The summed E-state index contributed by atoms with van der Waals surface area (Å²) in [5.74, 6) is 3.86. The number of H-pyrrole nitrogens is 1. The van der Waals surface area contributed by atoms with Crippen LogP contribution in [0, 0.1) is 5.92 Å². The van der Waals surface area contributed by atoms with Gasteiger partial charge in [-0.25, -0.2) is 4.98 Å². The molecule has 0 bridgehead atoms. The Bertz CT molecular complexity index is 1350. The molecular weight excluding hydrogens is 470 g/mol. The maximum atomic E-state index is 11.4. The van der Waals surface area contributed by atoms with Crippen molar-refractivity contribution in [2.24, 2.45) is 5.92 Å². The largest absolute Gasteiger partial charge is 0.497 e. The molecule has 1 aliphatic heterocycles. The number of amides is 1. The minimum absolute atomic E-state index is 0.134. The number of anilines is 4. The van der Waals surface area contributed by atoms with Crippen molar-refractivity contribution >= 4 is 40.1 Å². The maximum absolute atomic E-state index is 11.4. The number of benzene rings is 2. The number of fused-ring (bicyclic) bond motifs is 1. The minimum Gasteiger partial charge on any atom is -0.497 e. The number of aromatic nitrogens is 4. The Labute approximate surface area is 215 Å². The lowest BCUT2D eigenvalue weighted by atomic mass is 10.2. The molecule has 6 rings (SSSR count). The molecule has 192 valence electrons. The summed E-state index contributed by atoms with van der Waals surface area (Å²) in [4.78, 5) is 22.6. The Morgan fingerprint density at radius 3 is 2.46 bits per heavy atom. The second kappa shape index (κ2) is 11.2. The fourth-order valence-electron chi connectivity index (χ4n) is 4.10. The normalized spacial score (nSPS) is 14.6. The molecule has 10 nitrogen and oxygen atoms in total. The average molecular weight is 502 g/mol. The van der Waals surface area contributed by atoms with Crippen LogP contribution in [0.15, 0.2) is 54.7 Å². The number of ether oxygens (including phenoxy) is 2. The van der Waals surface area contributed by atoms with Gasteiger partial charge in [-0.15, -0.1) is 0 Å². The lowest BCUT2D eigenvalue weighted by molar-refractivity contribution is -0.117. The van der Waals surface area contributed by atoms with Gasteiger partial charge in [0.1, 0.15) is 5.75 Å². The molecule has 2 aliphatic rings. The van der Waals surface area contributed by atoms with Crippen LogP contribution in [-0.4, -0.2) is 53.4 Å². The number of carbonyl (C=O) groups excluding carboxylic acids is 1. The molecule has 1 aliphatic carbocycles. The Morgan fingerprint density at radius 2 is 1.76 bits per heavy atom. The second-order valence-electron chi connectivity index (χ2n) is 9.02. The first-order valence-corrected chi connectivity index (χ1v) is 12.5. The van der Waals surface area contributed by atoms with E-state index in [4.69, 9.17) is 9.47 Å². The van der Waals surface area contributed by atoms with Gasteiger partial charge in [0.2, 0.25) is 11.9 Å². The molecule has 1 amide bonds. The number of methoxy groups -OCH3 is 2. The average Bonchev–Trinajstić information content (AvgIpc) is 3.50. The minimum atomic E-state index is 0.134. The molecule has 1 saturated carbocycles. The molecule has 37 heavy (non-hydrogen) atoms. The highest BCUT2D eigenvalue weighted by Crippen LogP contribution is 2.31. The molecule has 3 N–H and O–H groups in total. The molecular formula is C27H31N7O3. The van der Waals surface area contributed by atoms with E-state index in [0.29, 0.717) is 11.6 Å². The molecule has 4 aromatic rings. The van der Waals surface area contributed by atoms with Gasteiger partial charge in [0.25, 0.3) is 0 Å². The number of hydrogen-bond donors (Lipinski definition) is 3. The topological polar surface area (TPSA) is 117 Å². The highest BCUT2D eigenvalue weighted by molar-refractivity contribution is 5.94. The summed E-state index contributed by atoms with van der Waals surface area (Å²) in [7, 11) is 3.24. The summed E-state index contributed by atoms with van der Waals surface area (Å²) < 4.78 is 10.4. The zero-order valence-electron chi connectivity index (χ0n) is 21.0. The van der Waals surface area contributed by atoms with E-state index >= 15 is 0 Å². The number of para-hydroxylation sites is 1. The standard InChI is InChI=1S/C16H18N6O.C11H13NO2/c1-23-13-10-17-16(22-8-4-5-9-22)19-15(13)18-14-11-6-2-3-7-12(11)20-21-14;1-14-10-6-4-9(5-7-10)12-11(13)8-2-3-8/h2-3,6-7,10H,4-5,8-9H2,1H3,(H2,17,18,19,20,21);4-8H,2-3H2,1H3,(H,12,13). The predicted octanol–water partition coefficient (Wildman–Crippen LogP) is 4.75. The molecule has 0 spiro atoms. The van der Waals surface area contributed by atoms with Crippen LogP contribution in [0.25, 0.3) is 10.9 Å². The van der Waals surface area contributed by atoms with Gasteiger partial charge >= 0.3 is 0 Å². The third kappa shape index (κ3) is 5.91. The van der Waals surface area contributed by atoms with Crippen LogP contribution in [0.3, 0.4) is 0 Å². The lowest BCUT2D eigenvalue weighted by Crippen LogP contribution is -2.20. The van der Waals surface area contributed by atoms with Crippen LogP contribution in [0.4, 0.5) is 23.3 Å². The van der Waals surface area contributed by atoms with Gasteiger partial charge in [-0.2, -0.15) is 10.1 Å². The molecule has 2 fully saturated rings. The molecule has 2 aromatic carbocycles. The summed E-state index contributed by atoms with van der Waals surface area (Å²) in [6, 6.07) is 15.3. The summed E-state index contributed by atoms with van der Waals surface area (Å²) in [5.41, 5.74) is 1.81. The first-order chi connectivity index (χ1) is 18.1. The highest BCUT2D eigenvalue weighted by atomic mass is 16.5. The molecule has 10 heteroatoms. The fraction of sp³-hybridized carbons (Fsp3) is 0.333. The van der Waals surface area contributed by atoms with Crippen LogP contribution in [0.2, 0.25) is 0 Å². The first kappa shape index (κ1) is 24.4. The van der Waals surface area contributed by atoms with Crippen molar-refractivity contribution in [2.75, 3.05) is 42.8 Å². The Kier molecular flexibility index (Phi) is 7.34. The van der Waals surface area contributed by atoms with Gasteiger partial charge in [0.15, 0.2) is 17.4 Å². The third-order valence-electron chi connectivity index (χ3n) is 6.36. The second-order valence-corrected chi connectivity index (χ2v) is 9.02. The van der Waals surface area contributed by atoms with E-state index < -0.39 is 0 Å². The van der Waals surface area contributed by atoms with Crippen molar-refractivity contribution in [1.82, 2.24) is 20.2 Å². The van der Waals surface area contributed by atoms with Crippen LogP contribution < -0.4 is 25.0 Å².